The molecule has 10 heteroatoms. The highest BCUT2D eigenvalue weighted by Crippen LogP contribution is 2.31. The number of ketones is 1. The first-order valence-corrected chi connectivity index (χ1v) is 14.8. The predicted octanol–water partition coefficient (Wildman–Crippen LogP) is 4.16. The van der Waals surface area contributed by atoms with Crippen LogP contribution in [0.25, 0.3) is 0 Å². The molecule has 6 rings (SSSR count). The van der Waals surface area contributed by atoms with Crippen molar-refractivity contribution in [3.63, 3.8) is 0 Å². The first kappa shape index (κ1) is 29.7. The highest BCUT2D eigenvalue weighted by atomic mass is 16.5. The number of ether oxygens (including phenoxy) is 1. The van der Waals surface area contributed by atoms with Crippen LogP contribution in [0.3, 0.4) is 0 Å². The summed E-state index contributed by atoms with van der Waals surface area (Å²) >= 11 is 0. The van der Waals surface area contributed by atoms with E-state index >= 15 is 0 Å². The summed E-state index contributed by atoms with van der Waals surface area (Å²) in [6.07, 6.45) is 3.26. The summed E-state index contributed by atoms with van der Waals surface area (Å²) in [6.45, 7) is 4.50. The molecule has 45 heavy (non-hydrogen) atoms. The summed E-state index contributed by atoms with van der Waals surface area (Å²) < 4.78 is 5.45. The molecule has 0 radical (unpaired) electrons. The molecular weight excluding hydrogens is 570 g/mol. The van der Waals surface area contributed by atoms with E-state index in [-0.39, 0.29) is 12.1 Å². The molecule has 10 nitrogen and oxygen atoms in total. The zero-order chi connectivity index (χ0) is 31.3. The summed E-state index contributed by atoms with van der Waals surface area (Å²) in [5, 5.41) is 3.01. The zero-order valence-electron chi connectivity index (χ0n) is 24.9. The van der Waals surface area contributed by atoms with Gasteiger partial charge in [0, 0.05) is 43.4 Å². The SMILES string of the molecule is Cc1ccc(C(C(=O)Nc2ccc(N3CCOCC3)cc2)N(Cc2cccnc2)C(=O)CN2C(=O)C(=O)c3ccccc32)cc1. The number of morpholine rings is 1. The lowest BCUT2D eigenvalue weighted by Crippen LogP contribution is -2.46. The smallest absolute Gasteiger partial charge is 0.299 e. The van der Waals surface area contributed by atoms with E-state index in [1.165, 1.54) is 9.80 Å². The monoisotopic (exact) mass is 603 g/mol. The van der Waals surface area contributed by atoms with Crippen LogP contribution < -0.4 is 15.1 Å². The molecule has 4 aromatic rings. The number of aryl methyl sites for hydroxylation is 1. The maximum Gasteiger partial charge on any atom is 0.299 e. The van der Waals surface area contributed by atoms with Crippen molar-refractivity contribution >= 4 is 40.6 Å². The van der Waals surface area contributed by atoms with E-state index in [0.29, 0.717) is 35.7 Å². The van der Waals surface area contributed by atoms with Crippen molar-refractivity contribution in [2.45, 2.75) is 19.5 Å². The number of hydrogen-bond donors (Lipinski definition) is 1. The Bertz CT molecular complexity index is 1700. The van der Waals surface area contributed by atoms with Crippen LogP contribution in [0, 0.1) is 6.92 Å². The number of amides is 3. The minimum atomic E-state index is -1.05. The average Bonchev–Trinajstić information content (AvgIpc) is 3.31. The van der Waals surface area contributed by atoms with Crippen LogP contribution >= 0.6 is 0 Å². The van der Waals surface area contributed by atoms with Crippen molar-refractivity contribution < 1.29 is 23.9 Å². The third kappa shape index (κ3) is 6.46. The highest BCUT2D eigenvalue weighted by Gasteiger charge is 2.39. The summed E-state index contributed by atoms with van der Waals surface area (Å²) in [4.78, 5) is 63.1. The number of rotatable bonds is 9. The van der Waals surface area contributed by atoms with E-state index in [1.54, 1.807) is 42.7 Å². The summed E-state index contributed by atoms with van der Waals surface area (Å²) in [6, 6.07) is 24.1. The van der Waals surface area contributed by atoms with E-state index in [9.17, 15) is 19.2 Å². The van der Waals surface area contributed by atoms with Crippen LogP contribution in [-0.4, -0.2) is 66.2 Å². The number of nitrogens with zero attached hydrogens (tertiary/aromatic N) is 4. The highest BCUT2D eigenvalue weighted by molar-refractivity contribution is 6.52. The molecule has 0 bridgehead atoms. The van der Waals surface area contributed by atoms with E-state index < -0.39 is 36.1 Å². The van der Waals surface area contributed by atoms with Gasteiger partial charge in [0.15, 0.2) is 0 Å². The van der Waals surface area contributed by atoms with Gasteiger partial charge < -0.3 is 19.9 Å². The van der Waals surface area contributed by atoms with Gasteiger partial charge in [-0.2, -0.15) is 0 Å². The molecule has 2 aliphatic heterocycles. The van der Waals surface area contributed by atoms with E-state index in [0.717, 1.165) is 24.3 Å². The molecule has 3 amide bonds. The molecule has 1 saturated heterocycles. The molecule has 1 aromatic heterocycles. The van der Waals surface area contributed by atoms with Crippen molar-refractivity contribution in [2.24, 2.45) is 0 Å². The Kier molecular flexibility index (Phi) is 8.65. The molecule has 1 N–H and O–H groups in total. The molecule has 1 atom stereocenters. The maximum atomic E-state index is 14.2. The van der Waals surface area contributed by atoms with Crippen molar-refractivity contribution in [2.75, 3.05) is 48.0 Å². The van der Waals surface area contributed by atoms with Crippen molar-refractivity contribution in [1.29, 1.82) is 0 Å². The number of pyridine rings is 1. The van der Waals surface area contributed by atoms with Gasteiger partial charge in [0.25, 0.3) is 17.6 Å². The van der Waals surface area contributed by atoms with Gasteiger partial charge in [-0.15, -0.1) is 0 Å². The third-order valence-electron chi connectivity index (χ3n) is 8.03. The van der Waals surface area contributed by atoms with Gasteiger partial charge in [0.05, 0.1) is 24.5 Å². The Balaban J connectivity index is 1.32. The lowest BCUT2D eigenvalue weighted by atomic mass is 10.0. The number of benzene rings is 3. The molecule has 1 unspecified atom stereocenters. The Hall–Kier alpha value is -5.35. The quantitative estimate of drug-likeness (QED) is 0.286. The molecule has 3 heterocycles. The van der Waals surface area contributed by atoms with Gasteiger partial charge in [-0.1, -0.05) is 48.0 Å². The van der Waals surface area contributed by atoms with Crippen LogP contribution in [0.15, 0.2) is 97.3 Å². The number of carbonyl (C=O) groups is 4. The summed E-state index contributed by atoms with van der Waals surface area (Å²) in [7, 11) is 0. The Morgan fingerprint density at radius 2 is 1.67 bits per heavy atom. The topological polar surface area (TPSA) is 112 Å². The third-order valence-corrected chi connectivity index (χ3v) is 8.03. The summed E-state index contributed by atoms with van der Waals surface area (Å²) in [5.74, 6) is -2.35. The Labute approximate surface area is 261 Å². The molecular formula is C35H33N5O5. The molecule has 2 aliphatic rings. The van der Waals surface area contributed by atoms with Crippen molar-refractivity contribution in [3.8, 4) is 0 Å². The van der Waals surface area contributed by atoms with Gasteiger partial charge in [-0.05, 0) is 60.5 Å². The van der Waals surface area contributed by atoms with Crippen LogP contribution in [0.5, 0.6) is 0 Å². The van der Waals surface area contributed by atoms with Crippen molar-refractivity contribution in [3.05, 3.63) is 120 Å². The fourth-order valence-corrected chi connectivity index (χ4v) is 5.65. The first-order valence-electron chi connectivity index (χ1n) is 14.8. The Morgan fingerprint density at radius 1 is 0.933 bits per heavy atom. The maximum absolute atomic E-state index is 14.2. The number of fused-ring (bicyclic) bond motifs is 1. The molecule has 0 spiro atoms. The predicted molar refractivity (Wildman–Crippen MR) is 170 cm³/mol. The second-order valence-electron chi connectivity index (χ2n) is 11.1. The van der Waals surface area contributed by atoms with Gasteiger partial charge in [0.2, 0.25) is 5.91 Å². The van der Waals surface area contributed by atoms with Gasteiger partial charge in [-0.3, -0.25) is 29.1 Å². The summed E-state index contributed by atoms with van der Waals surface area (Å²) in [5.41, 5.74) is 4.54. The largest absolute Gasteiger partial charge is 0.378 e. The number of para-hydroxylation sites is 1. The van der Waals surface area contributed by atoms with Crippen molar-refractivity contribution in [1.82, 2.24) is 9.88 Å². The molecule has 228 valence electrons. The zero-order valence-corrected chi connectivity index (χ0v) is 24.9. The molecule has 0 saturated carbocycles. The number of aromatic nitrogens is 1. The van der Waals surface area contributed by atoms with Gasteiger partial charge in [-0.25, -0.2) is 0 Å². The standard InChI is InChI=1S/C35H33N5O5/c1-24-8-10-26(11-9-24)32(34(43)37-27-12-14-28(15-13-27)38-17-19-45-20-18-38)40(22-25-5-4-16-36-21-25)31(41)23-39-30-7-3-2-6-29(30)33(42)35(39)44/h2-16,21,32H,17-20,22-23H2,1H3,(H,37,43). The minimum Gasteiger partial charge on any atom is -0.378 e. The number of anilines is 3. The van der Waals surface area contributed by atoms with Crippen LogP contribution in [0.2, 0.25) is 0 Å². The number of carbonyl (C=O) groups excluding carboxylic acids is 4. The number of nitrogens with one attached hydrogen (secondary N) is 1. The second-order valence-corrected chi connectivity index (χ2v) is 11.1. The number of Topliss-reactive ketones (excluding diaryl/α,β-unsaturated/α-hetero) is 1. The minimum absolute atomic E-state index is 0.0478. The lowest BCUT2D eigenvalue weighted by molar-refractivity contribution is -0.139. The first-order chi connectivity index (χ1) is 21.9. The van der Waals surface area contributed by atoms with Gasteiger partial charge >= 0.3 is 0 Å². The number of hydrogen-bond acceptors (Lipinski definition) is 7. The van der Waals surface area contributed by atoms with E-state index in [1.807, 2.05) is 61.5 Å². The Morgan fingerprint density at radius 3 is 2.38 bits per heavy atom. The van der Waals surface area contributed by atoms with Crippen LogP contribution in [0.4, 0.5) is 17.1 Å². The molecule has 0 aliphatic carbocycles. The fourth-order valence-electron chi connectivity index (χ4n) is 5.65. The molecule has 1 fully saturated rings. The van der Waals surface area contributed by atoms with E-state index in [4.69, 9.17) is 4.74 Å². The second kappa shape index (κ2) is 13.1. The van der Waals surface area contributed by atoms with Gasteiger partial charge in [0.1, 0.15) is 12.6 Å². The van der Waals surface area contributed by atoms with Crippen LogP contribution in [0.1, 0.15) is 33.1 Å². The fraction of sp³-hybridized carbons (Fsp3) is 0.229. The van der Waals surface area contributed by atoms with Crippen LogP contribution in [-0.2, 0) is 25.7 Å². The normalized spacial score (nSPS) is 15.0. The van der Waals surface area contributed by atoms with E-state index in [2.05, 4.69) is 15.2 Å². The average molecular weight is 604 g/mol. The molecule has 3 aromatic carbocycles. The lowest BCUT2D eigenvalue weighted by Gasteiger charge is -2.33.